The number of aromatic nitrogens is 1. The summed E-state index contributed by atoms with van der Waals surface area (Å²) < 4.78 is 46.4. The van der Waals surface area contributed by atoms with Gasteiger partial charge in [0.15, 0.2) is 0 Å². The zero-order chi connectivity index (χ0) is 29.1. The Labute approximate surface area is 234 Å². The lowest BCUT2D eigenvalue weighted by Crippen LogP contribution is -2.52. The van der Waals surface area contributed by atoms with E-state index in [1.807, 2.05) is 49.4 Å². The minimum Gasteiger partial charge on any atom is -0.455 e. The molecule has 0 unspecified atom stereocenters. The van der Waals surface area contributed by atoms with Gasteiger partial charge in [-0.25, -0.2) is 9.78 Å². The summed E-state index contributed by atoms with van der Waals surface area (Å²) in [4.78, 5) is 32.4. The van der Waals surface area contributed by atoms with Crippen LogP contribution in [0, 0.1) is 5.92 Å². The zero-order valence-corrected chi connectivity index (χ0v) is 23.6. The topological polar surface area (TPSA) is 62.7 Å². The van der Waals surface area contributed by atoms with Crippen LogP contribution in [0.25, 0.3) is 6.08 Å². The highest BCUT2D eigenvalue weighted by molar-refractivity contribution is 5.87. The third-order valence-electron chi connectivity index (χ3n) is 7.42. The Morgan fingerprint density at radius 3 is 2.30 bits per heavy atom. The molecular formula is C31H38F3N3O3. The van der Waals surface area contributed by atoms with Gasteiger partial charge in [0.25, 0.3) is 0 Å². The van der Waals surface area contributed by atoms with Gasteiger partial charge in [-0.05, 0) is 63.6 Å². The molecule has 0 bridgehead atoms. The number of benzene rings is 1. The van der Waals surface area contributed by atoms with E-state index in [9.17, 15) is 22.8 Å². The van der Waals surface area contributed by atoms with Crippen LogP contribution in [-0.4, -0.2) is 63.6 Å². The maximum Gasteiger partial charge on any atom is 0.471 e. The average Bonchev–Trinajstić information content (AvgIpc) is 3.68. The van der Waals surface area contributed by atoms with Gasteiger partial charge in [0.2, 0.25) is 0 Å². The molecule has 1 saturated carbocycles. The van der Waals surface area contributed by atoms with Crippen molar-refractivity contribution >= 4 is 18.0 Å². The summed E-state index contributed by atoms with van der Waals surface area (Å²) in [5, 5.41) is 0. The number of nitrogens with zero attached hydrogens (tertiary/aromatic N) is 3. The number of halogens is 3. The number of alkyl halides is 3. The van der Waals surface area contributed by atoms with Crippen molar-refractivity contribution in [2.75, 3.05) is 13.1 Å². The van der Waals surface area contributed by atoms with Gasteiger partial charge in [0.05, 0.1) is 0 Å². The Balaban J connectivity index is 1.39. The number of hydrogen-bond donors (Lipinski definition) is 0. The fourth-order valence-corrected chi connectivity index (χ4v) is 5.44. The molecule has 40 heavy (non-hydrogen) atoms. The number of pyridine rings is 1. The van der Waals surface area contributed by atoms with Crippen LogP contribution in [-0.2, 0) is 16.1 Å². The molecule has 2 aliphatic rings. The summed E-state index contributed by atoms with van der Waals surface area (Å²) in [6.45, 7) is 9.08. The highest BCUT2D eigenvalue weighted by Crippen LogP contribution is 2.46. The van der Waals surface area contributed by atoms with Crippen LogP contribution < -0.4 is 0 Å². The van der Waals surface area contributed by atoms with Gasteiger partial charge in [0, 0.05) is 43.8 Å². The van der Waals surface area contributed by atoms with E-state index in [4.69, 9.17) is 4.74 Å². The molecular weight excluding hydrogens is 519 g/mol. The normalized spacial score (nSPS) is 20.7. The fraction of sp³-hybridized carbons (Fsp3) is 0.516. The molecule has 1 aromatic carbocycles. The first-order valence-corrected chi connectivity index (χ1v) is 13.9. The van der Waals surface area contributed by atoms with E-state index in [0.717, 1.165) is 28.0 Å². The molecule has 1 aliphatic carbocycles. The second-order valence-electron chi connectivity index (χ2n) is 11.7. The molecule has 2 fully saturated rings. The van der Waals surface area contributed by atoms with Crippen molar-refractivity contribution in [2.45, 2.75) is 83.8 Å². The van der Waals surface area contributed by atoms with Crippen molar-refractivity contribution in [2.24, 2.45) is 5.92 Å². The summed E-state index contributed by atoms with van der Waals surface area (Å²) >= 11 is 0. The lowest BCUT2D eigenvalue weighted by atomic mass is 10.00. The average molecular weight is 558 g/mol. The summed E-state index contributed by atoms with van der Waals surface area (Å²) in [5.41, 5.74) is 2.61. The second-order valence-corrected chi connectivity index (χ2v) is 11.7. The molecule has 1 aliphatic heterocycles. The molecule has 0 spiro atoms. The number of carbonyl (C=O) groups excluding carboxylic acids is 2. The number of carbonyl (C=O) groups is 2. The van der Waals surface area contributed by atoms with E-state index in [0.29, 0.717) is 38.9 Å². The standard InChI is InChI=1S/C31H38F3N3O3/c1-5-23(17-21-9-7-6-8-10-21)25-18-27(25)37(29(39)31(32,33)34)24-13-15-36(16-14-24)20-22-11-12-26(35-19-22)28(38)40-30(2,3)4/h6-12,17,19,24-25,27H,5,13-16,18,20H2,1-4H3/b23-17+/t25-,27+/m0/s1. The molecule has 9 heteroatoms. The maximum atomic E-state index is 13.7. The van der Waals surface area contributed by atoms with Gasteiger partial charge in [-0.1, -0.05) is 55.0 Å². The van der Waals surface area contributed by atoms with Gasteiger partial charge in [0.1, 0.15) is 11.3 Å². The van der Waals surface area contributed by atoms with E-state index >= 15 is 0 Å². The highest BCUT2D eigenvalue weighted by Gasteiger charge is 2.54. The van der Waals surface area contributed by atoms with Gasteiger partial charge in [-0.15, -0.1) is 0 Å². The van der Waals surface area contributed by atoms with Gasteiger partial charge in [-0.3, -0.25) is 9.69 Å². The molecule has 4 rings (SSSR count). The molecule has 2 atom stereocenters. The number of esters is 1. The molecule has 0 radical (unpaired) electrons. The third-order valence-corrected chi connectivity index (χ3v) is 7.42. The quantitative estimate of drug-likeness (QED) is 0.358. The van der Waals surface area contributed by atoms with E-state index in [1.165, 1.54) is 0 Å². The van der Waals surface area contributed by atoms with Crippen LogP contribution in [0.3, 0.4) is 0 Å². The smallest absolute Gasteiger partial charge is 0.455 e. The van der Waals surface area contributed by atoms with Crippen molar-refractivity contribution in [3.63, 3.8) is 0 Å². The van der Waals surface area contributed by atoms with Crippen LogP contribution in [0.1, 0.15) is 75.0 Å². The van der Waals surface area contributed by atoms with E-state index in [-0.39, 0.29) is 11.6 Å². The first kappa shape index (κ1) is 29.8. The predicted molar refractivity (Wildman–Crippen MR) is 147 cm³/mol. The Kier molecular flexibility index (Phi) is 9.02. The van der Waals surface area contributed by atoms with Crippen molar-refractivity contribution in [1.82, 2.24) is 14.8 Å². The van der Waals surface area contributed by atoms with Crippen LogP contribution in [0.4, 0.5) is 13.2 Å². The van der Waals surface area contributed by atoms with Crippen molar-refractivity contribution in [1.29, 1.82) is 0 Å². The van der Waals surface area contributed by atoms with E-state index in [2.05, 4.69) is 9.88 Å². The minimum atomic E-state index is -4.90. The van der Waals surface area contributed by atoms with Crippen LogP contribution in [0.15, 0.2) is 54.2 Å². The molecule has 1 amide bonds. The number of ether oxygens (including phenoxy) is 1. The molecule has 0 N–H and O–H groups in total. The SMILES string of the molecule is CC/C(=C\c1ccccc1)[C@@H]1C[C@H]1N(C(=O)C(F)(F)F)C1CCN(Cc2ccc(C(=O)OC(C)(C)C)nc2)CC1. The third kappa shape index (κ3) is 7.71. The molecule has 6 nitrogen and oxygen atoms in total. The summed E-state index contributed by atoms with van der Waals surface area (Å²) in [6.07, 6.45) is 1.00. The number of piperidine rings is 1. The van der Waals surface area contributed by atoms with Gasteiger partial charge < -0.3 is 9.64 Å². The zero-order valence-electron chi connectivity index (χ0n) is 23.6. The van der Waals surface area contributed by atoms with Gasteiger partial charge >= 0.3 is 18.1 Å². The Morgan fingerprint density at radius 1 is 1.07 bits per heavy atom. The highest BCUT2D eigenvalue weighted by atomic mass is 19.4. The summed E-state index contributed by atoms with van der Waals surface area (Å²) in [6, 6.07) is 12.3. The van der Waals surface area contributed by atoms with Crippen molar-refractivity contribution in [3.8, 4) is 0 Å². The Morgan fingerprint density at radius 2 is 1.75 bits per heavy atom. The monoisotopic (exact) mass is 557 g/mol. The fourth-order valence-electron chi connectivity index (χ4n) is 5.44. The Hall–Kier alpha value is -3.20. The molecule has 1 saturated heterocycles. The van der Waals surface area contributed by atoms with Gasteiger partial charge in [-0.2, -0.15) is 13.2 Å². The number of rotatable bonds is 8. The summed E-state index contributed by atoms with van der Waals surface area (Å²) in [5.74, 6) is -2.27. The minimum absolute atomic E-state index is 0.0518. The molecule has 2 aromatic rings. The van der Waals surface area contributed by atoms with E-state index < -0.39 is 35.7 Å². The van der Waals surface area contributed by atoms with Crippen LogP contribution in [0.5, 0.6) is 0 Å². The van der Waals surface area contributed by atoms with Crippen molar-refractivity contribution < 1.29 is 27.5 Å². The second kappa shape index (κ2) is 12.1. The lowest BCUT2D eigenvalue weighted by Gasteiger charge is -2.39. The maximum absolute atomic E-state index is 13.7. The molecule has 216 valence electrons. The first-order chi connectivity index (χ1) is 18.9. The molecule has 2 heterocycles. The first-order valence-electron chi connectivity index (χ1n) is 13.9. The number of hydrogen-bond acceptors (Lipinski definition) is 5. The predicted octanol–water partition coefficient (Wildman–Crippen LogP) is 6.27. The number of amides is 1. The van der Waals surface area contributed by atoms with Crippen LogP contribution >= 0.6 is 0 Å². The summed E-state index contributed by atoms with van der Waals surface area (Å²) in [7, 11) is 0. The van der Waals surface area contributed by atoms with Crippen LogP contribution in [0.2, 0.25) is 0 Å². The van der Waals surface area contributed by atoms with Crippen molar-refractivity contribution in [3.05, 3.63) is 71.1 Å². The largest absolute Gasteiger partial charge is 0.471 e. The molecule has 1 aromatic heterocycles. The lowest BCUT2D eigenvalue weighted by molar-refractivity contribution is -0.189. The Bertz CT molecular complexity index is 1200. The van der Waals surface area contributed by atoms with E-state index in [1.54, 1.807) is 33.0 Å². The number of likely N-dealkylation sites (tertiary alicyclic amines) is 1.